The van der Waals surface area contributed by atoms with Crippen LogP contribution in [-0.2, 0) is 9.53 Å². The lowest BCUT2D eigenvalue weighted by Crippen LogP contribution is -2.30. The van der Waals surface area contributed by atoms with Gasteiger partial charge in [0.05, 0.1) is 0 Å². The van der Waals surface area contributed by atoms with Crippen LogP contribution in [-0.4, -0.2) is 17.4 Å². The van der Waals surface area contributed by atoms with Gasteiger partial charge in [-0.15, -0.1) is 0 Å². The van der Waals surface area contributed by atoms with E-state index in [-0.39, 0.29) is 5.97 Å². The lowest BCUT2D eigenvalue weighted by molar-refractivity contribution is -0.147. The zero-order valence-corrected chi connectivity index (χ0v) is 11.9. The van der Waals surface area contributed by atoms with E-state index in [1.54, 1.807) is 0 Å². The van der Waals surface area contributed by atoms with Crippen molar-refractivity contribution in [3.8, 4) is 0 Å². The number of hydrogen-bond donors (Lipinski definition) is 0. The second kappa shape index (κ2) is 4.89. The van der Waals surface area contributed by atoms with Crippen molar-refractivity contribution < 1.29 is 9.53 Å². The second-order valence-electron chi connectivity index (χ2n) is 5.82. The van der Waals surface area contributed by atoms with E-state index in [0.29, 0.717) is 18.1 Å². The molecule has 2 aliphatic rings. The molecule has 1 fully saturated rings. The molecule has 1 aromatic rings. The molecule has 1 aliphatic carbocycles. The Bertz CT molecular complexity index is 580. The number of esters is 1. The van der Waals surface area contributed by atoms with Crippen molar-refractivity contribution in [3.05, 3.63) is 47.5 Å². The number of rotatable bonds is 4. The summed E-state index contributed by atoms with van der Waals surface area (Å²) in [6, 6.07) is 9.58. The maximum absolute atomic E-state index is 12.2. The zero-order chi connectivity index (χ0) is 14.2. The first-order chi connectivity index (χ1) is 9.61. The third kappa shape index (κ3) is 2.40. The number of nitrogens with zero attached hydrogens (tertiary/aromatic N) is 1. The summed E-state index contributed by atoms with van der Waals surface area (Å²) in [5.74, 6) is 0.0912. The summed E-state index contributed by atoms with van der Waals surface area (Å²) in [5, 5.41) is 0. The van der Waals surface area contributed by atoms with E-state index in [1.165, 1.54) is 5.57 Å². The summed E-state index contributed by atoms with van der Waals surface area (Å²) in [4.78, 5) is 16.9. The fraction of sp³-hybridized carbons (Fsp3) is 0.412. The summed E-state index contributed by atoms with van der Waals surface area (Å²) in [5.41, 5.74) is 1.89. The van der Waals surface area contributed by atoms with Crippen molar-refractivity contribution >= 4 is 11.7 Å². The largest absolute Gasteiger partial charge is 0.432 e. The molecule has 3 nitrogen and oxygen atoms in total. The molecule has 0 amide bonds. The molecule has 1 saturated carbocycles. The van der Waals surface area contributed by atoms with Gasteiger partial charge in [0.1, 0.15) is 0 Å². The smallest absolute Gasteiger partial charge is 0.359 e. The lowest BCUT2D eigenvalue weighted by Gasteiger charge is -2.23. The molecule has 104 valence electrons. The number of benzene rings is 1. The minimum atomic E-state index is -0.653. The summed E-state index contributed by atoms with van der Waals surface area (Å²) in [7, 11) is 0. The van der Waals surface area contributed by atoms with Gasteiger partial charge in [-0.25, -0.2) is 9.79 Å². The highest BCUT2D eigenvalue weighted by molar-refractivity contribution is 6.44. The number of allylic oxidation sites excluding steroid dienone is 1. The van der Waals surface area contributed by atoms with Gasteiger partial charge in [-0.05, 0) is 26.7 Å². The van der Waals surface area contributed by atoms with E-state index in [4.69, 9.17) is 9.73 Å². The van der Waals surface area contributed by atoms with Crippen molar-refractivity contribution in [2.75, 3.05) is 0 Å². The molecular weight excluding hydrogens is 250 g/mol. The highest BCUT2D eigenvalue weighted by atomic mass is 16.6. The highest BCUT2D eigenvalue weighted by Gasteiger charge is 2.52. The quantitative estimate of drug-likeness (QED) is 0.620. The average Bonchev–Trinajstić information content (AvgIpc) is 3.23. The summed E-state index contributed by atoms with van der Waals surface area (Å²) in [6.07, 6.45) is 4.98. The molecular formula is C17H19NO2. The second-order valence-corrected chi connectivity index (χ2v) is 5.82. The van der Waals surface area contributed by atoms with E-state index < -0.39 is 5.72 Å². The van der Waals surface area contributed by atoms with Gasteiger partial charge in [-0.3, -0.25) is 0 Å². The molecule has 0 saturated heterocycles. The van der Waals surface area contributed by atoms with Crippen molar-refractivity contribution in [1.82, 2.24) is 0 Å². The number of ether oxygens (including phenoxy) is 1. The monoisotopic (exact) mass is 269 g/mol. The van der Waals surface area contributed by atoms with Crippen molar-refractivity contribution in [1.29, 1.82) is 0 Å². The number of carbonyl (C=O) groups is 1. The number of hydrogen-bond acceptors (Lipinski definition) is 3. The molecule has 1 aromatic carbocycles. The maximum Gasteiger partial charge on any atom is 0.359 e. The van der Waals surface area contributed by atoms with Crippen LogP contribution >= 0.6 is 0 Å². The Kier molecular flexibility index (Phi) is 3.20. The summed E-state index contributed by atoms with van der Waals surface area (Å²) < 4.78 is 5.70. The highest BCUT2D eigenvalue weighted by Crippen LogP contribution is 2.47. The van der Waals surface area contributed by atoms with Gasteiger partial charge in [0.15, 0.2) is 5.71 Å². The van der Waals surface area contributed by atoms with Crippen molar-refractivity contribution in [2.24, 2.45) is 10.9 Å². The molecule has 0 N–H and O–H groups in total. The molecule has 0 radical (unpaired) electrons. The Hall–Kier alpha value is -1.90. The van der Waals surface area contributed by atoms with Crippen LogP contribution < -0.4 is 0 Å². The van der Waals surface area contributed by atoms with Crippen LogP contribution in [0.2, 0.25) is 0 Å². The van der Waals surface area contributed by atoms with Crippen molar-refractivity contribution in [3.63, 3.8) is 0 Å². The predicted octanol–water partition coefficient (Wildman–Crippen LogP) is 3.50. The molecule has 3 heteroatoms. The first-order valence-corrected chi connectivity index (χ1v) is 7.13. The third-order valence-electron chi connectivity index (χ3n) is 3.83. The van der Waals surface area contributed by atoms with E-state index in [9.17, 15) is 4.79 Å². The van der Waals surface area contributed by atoms with E-state index in [2.05, 4.69) is 19.9 Å². The Morgan fingerprint density at radius 1 is 1.35 bits per heavy atom. The number of aliphatic imine (C=N–C) groups is 1. The lowest BCUT2D eigenvalue weighted by atomic mass is 10.0. The number of carbonyl (C=O) groups excluding carboxylic acids is 1. The Balaban J connectivity index is 1.95. The Morgan fingerprint density at radius 2 is 2.05 bits per heavy atom. The first kappa shape index (κ1) is 13.1. The number of cyclic esters (lactones) is 1. The van der Waals surface area contributed by atoms with Gasteiger partial charge in [0.25, 0.3) is 0 Å². The van der Waals surface area contributed by atoms with Crippen LogP contribution in [0, 0.1) is 5.92 Å². The van der Waals surface area contributed by atoms with Crippen LogP contribution in [0.25, 0.3) is 0 Å². The molecule has 1 atom stereocenters. The van der Waals surface area contributed by atoms with Gasteiger partial charge in [-0.1, -0.05) is 42.0 Å². The van der Waals surface area contributed by atoms with Gasteiger partial charge in [0.2, 0.25) is 5.72 Å². The fourth-order valence-electron chi connectivity index (χ4n) is 2.56. The molecule has 0 aromatic heterocycles. The normalized spacial score (nSPS) is 25.1. The van der Waals surface area contributed by atoms with Crippen LogP contribution in [0.3, 0.4) is 0 Å². The molecule has 0 spiro atoms. The first-order valence-electron chi connectivity index (χ1n) is 7.13. The fourth-order valence-corrected chi connectivity index (χ4v) is 2.56. The van der Waals surface area contributed by atoms with E-state index in [1.807, 2.05) is 30.3 Å². The minimum absolute atomic E-state index is 0.287. The van der Waals surface area contributed by atoms with Gasteiger partial charge >= 0.3 is 5.97 Å². The molecule has 20 heavy (non-hydrogen) atoms. The van der Waals surface area contributed by atoms with Gasteiger partial charge in [0, 0.05) is 17.9 Å². The minimum Gasteiger partial charge on any atom is -0.432 e. The van der Waals surface area contributed by atoms with E-state index >= 15 is 0 Å². The summed E-state index contributed by atoms with van der Waals surface area (Å²) >= 11 is 0. The van der Waals surface area contributed by atoms with Crippen LogP contribution in [0.15, 0.2) is 47.0 Å². The van der Waals surface area contributed by atoms with Crippen LogP contribution in [0.4, 0.5) is 0 Å². The molecule has 1 heterocycles. The molecule has 1 unspecified atom stereocenters. The third-order valence-corrected chi connectivity index (χ3v) is 3.83. The van der Waals surface area contributed by atoms with Gasteiger partial charge < -0.3 is 4.74 Å². The molecule has 1 aliphatic heterocycles. The summed E-state index contributed by atoms with van der Waals surface area (Å²) in [6.45, 7) is 4.11. The molecule has 0 bridgehead atoms. The van der Waals surface area contributed by atoms with Crippen LogP contribution in [0.1, 0.15) is 38.7 Å². The SMILES string of the molecule is CC(C)=CCC1(C2CC2)N=C(c2ccccc2)C(=O)O1. The topological polar surface area (TPSA) is 38.7 Å². The Morgan fingerprint density at radius 3 is 2.65 bits per heavy atom. The van der Waals surface area contributed by atoms with Crippen LogP contribution in [0.5, 0.6) is 0 Å². The maximum atomic E-state index is 12.2. The standard InChI is InChI=1S/C17H19NO2/c1-12(2)10-11-17(14-8-9-14)18-15(16(19)20-17)13-6-4-3-5-7-13/h3-7,10,14H,8-9,11H2,1-2H3. The zero-order valence-electron chi connectivity index (χ0n) is 11.9. The molecule has 3 rings (SSSR count). The van der Waals surface area contributed by atoms with Gasteiger partial charge in [-0.2, -0.15) is 0 Å². The van der Waals surface area contributed by atoms with E-state index in [0.717, 1.165) is 18.4 Å². The average molecular weight is 269 g/mol. The van der Waals surface area contributed by atoms with Crippen molar-refractivity contribution in [2.45, 2.75) is 38.8 Å². The predicted molar refractivity (Wildman–Crippen MR) is 78.6 cm³/mol. The Labute approximate surface area is 119 Å².